The number of fused-ring (bicyclic) bond motifs is 1. The number of aryl methyl sites for hydroxylation is 1. The summed E-state index contributed by atoms with van der Waals surface area (Å²) in [5, 5.41) is 10.3. The normalized spacial score (nSPS) is 17.7. The molecule has 1 saturated carbocycles. The molecule has 1 spiro atoms. The van der Waals surface area contributed by atoms with Crippen molar-refractivity contribution in [3.63, 3.8) is 0 Å². The third kappa shape index (κ3) is 4.48. The minimum atomic E-state index is -1.81. The highest BCUT2D eigenvalue weighted by Crippen LogP contribution is 2.50. The lowest BCUT2D eigenvalue weighted by Crippen LogP contribution is -2.62. The first-order valence-electron chi connectivity index (χ1n) is 13.9. The molecule has 1 N–H and O–H groups in total. The third-order valence-electron chi connectivity index (χ3n) is 8.64. The molecule has 11 nitrogen and oxygen atoms in total. The first kappa shape index (κ1) is 28.4. The summed E-state index contributed by atoms with van der Waals surface area (Å²) in [6, 6.07) is 7.51. The second kappa shape index (κ2) is 10.2. The number of benzene rings is 1. The molecule has 4 aromatic rings. The lowest BCUT2D eigenvalue weighted by molar-refractivity contribution is -0.167. The molecule has 1 aliphatic carbocycles. The average Bonchev–Trinajstić information content (AvgIpc) is 3.56. The second-order valence-electron chi connectivity index (χ2n) is 12.0. The molecule has 0 amide bonds. The Bertz CT molecular complexity index is 1770. The number of para-hydroxylation sites is 1. The third-order valence-corrected chi connectivity index (χ3v) is 9.95. The summed E-state index contributed by atoms with van der Waals surface area (Å²) in [6.45, 7) is 6.58. The molecule has 4 heterocycles. The van der Waals surface area contributed by atoms with Crippen LogP contribution in [0.4, 0.5) is 0 Å². The number of hydrogen-bond acceptors (Lipinski definition) is 9. The van der Waals surface area contributed by atoms with E-state index >= 15 is 0 Å². The van der Waals surface area contributed by atoms with Crippen molar-refractivity contribution in [3.05, 3.63) is 68.7 Å². The number of ether oxygens (including phenoxy) is 2. The SMILES string of the molecule is COc1ccccc1C(Cn1c(=O)n(C(C)(C)C(=O)O)c(=O)c2c(C)c(-c3ncco3)sc21)OC1CC2(C1)CN(C)C2. The largest absolute Gasteiger partial charge is 0.496 e. The van der Waals surface area contributed by atoms with E-state index in [1.807, 2.05) is 24.3 Å². The molecule has 1 aliphatic heterocycles. The van der Waals surface area contributed by atoms with Crippen molar-refractivity contribution in [1.29, 1.82) is 0 Å². The number of thiophene rings is 1. The van der Waals surface area contributed by atoms with Crippen LogP contribution in [0.15, 0.2) is 50.7 Å². The molecule has 0 bridgehead atoms. The van der Waals surface area contributed by atoms with Crippen LogP contribution in [0.2, 0.25) is 0 Å². The highest BCUT2D eigenvalue weighted by atomic mass is 32.1. The Morgan fingerprint density at radius 3 is 2.60 bits per heavy atom. The number of oxazole rings is 1. The van der Waals surface area contributed by atoms with E-state index in [2.05, 4.69) is 16.9 Å². The van der Waals surface area contributed by atoms with Crippen molar-refractivity contribution in [1.82, 2.24) is 19.0 Å². The first-order valence-corrected chi connectivity index (χ1v) is 14.7. The molecule has 1 atom stereocenters. The van der Waals surface area contributed by atoms with Gasteiger partial charge in [-0.2, -0.15) is 0 Å². The number of methoxy groups -OCH3 is 1. The van der Waals surface area contributed by atoms with Gasteiger partial charge < -0.3 is 23.9 Å². The number of carboxylic acid groups (broad SMARTS) is 1. The number of rotatable bonds is 9. The number of carboxylic acids is 1. The number of nitrogens with zero attached hydrogens (tertiary/aromatic N) is 4. The molecular formula is C30H34N4O7S. The Morgan fingerprint density at radius 2 is 1.98 bits per heavy atom. The van der Waals surface area contributed by atoms with E-state index in [1.165, 1.54) is 42.2 Å². The Balaban J connectivity index is 1.52. The van der Waals surface area contributed by atoms with Crippen molar-refractivity contribution in [2.45, 2.75) is 57.9 Å². The van der Waals surface area contributed by atoms with Crippen molar-refractivity contribution in [2.75, 3.05) is 27.2 Å². The molecule has 1 aromatic carbocycles. The zero-order valence-corrected chi connectivity index (χ0v) is 25.1. The molecule has 3 aromatic heterocycles. The van der Waals surface area contributed by atoms with Crippen LogP contribution in [-0.4, -0.2) is 63.4 Å². The highest BCUT2D eigenvalue weighted by molar-refractivity contribution is 7.22. The fraction of sp³-hybridized carbons (Fsp3) is 0.467. The molecule has 2 fully saturated rings. The number of hydrogen-bond donors (Lipinski definition) is 1. The monoisotopic (exact) mass is 594 g/mol. The Hall–Kier alpha value is -3.74. The van der Waals surface area contributed by atoms with Gasteiger partial charge in [0.25, 0.3) is 5.56 Å². The molecule has 42 heavy (non-hydrogen) atoms. The summed E-state index contributed by atoms with van der Waals surface area (Å²) < 4.78 is 20.2. The van der Waals surface area contributed by atoms with Crippen LogP contribution in [-0.2, 0) is 21.6 Å². The van der Waals surface area contributed by atoms with Gasteiger partial charge in [0.2, 0.25) is 5.89 Å². The predicted molar refractivity (Wildman–Crippen MR) is 157 cm³/mol. The number of carbonyl (C=O) groups is 1. The maximum atomic E-state index is 14.2. The van der Waals surface area contributed by atoms with Gasteiger partial charge in [0, 0.05) is 24.1 Å². The molecular weight excluding hydrogens is 560 g/mol. The lowest BCUT2D eigenvalue weighted by Gasteiger charge is -2.58. The average molecular weight is 595 g/mol. The number of aliphatic carboxylic acids is 1. The van der Waals surface area contributed by atoms with Gasteiger partial charge in [0.1, 0.15) is 28.5 Å². The number of likely N-dealkylation sites (tertiary alicyclic amines) is 1. The maximum absolute atomic E-state index is 14.2. The fourth-order valence-corrected chi connectivity index (χ4v) is 7.78. The summed E-state index contributed by atoms with van der Waals surface area (Å²) in [5.41, 5.74) is -1.59. The van der Waals surface area contributed by atoms with Gasteiger partial charge in [0.15, 0.2) is 0 Å². The summed E-state index contributed by atoms with van der Waals surface area (Å²) >= 11 is 1.22. The van der Waals surface area contributed by atoms with Crippen LogP contribution in [0.3, 0.4) is 0 Å². The quantitative estimate of drug-likeness (QED) is 0.307. The van der Waals surface area contributed by atoms with Crippen molar-refractivity contribution in [3.8, 4) is 16.5 Å². The van der Waals surface area contributed by atoms with Gasteiger partial charge in [-0.15, -0.1) is 11.3 Å². The van der Waals surface area contributed by atoms with Crippen LogP contribution >= 0.6 is 11.3 Å². The zero-order valence-electron chi connectivity index (χ0n) is 24.2. The smallest absolute Gasteiger partial charge is 0.333 e. The molecule has 1 unspecified atom stereocenters. The van der Waals surface area contributed by atoms with Crippen LogP contribution in [0.5, 0.6) is 5.75 Å². The van der Waals surface area contributed by atoms with Crippen LogP contribution < -0.4 is 16.0 Å². The molecule has 0 radical (unpaired) electrons. The van der Waals surface area contributed by atoms with Crippen molar-refractivity contribution >= 4 is 27.5 Å². The minimum absolute atomic E-state index is 0.00544. The van der Waals surface area contributed by atoms with Gasteiger partial charge in [0.05, 0.1) is 36.2 Å². The van der Waals surface area contributed by atoms with E-state index in [0.717, 1.165) is 36.1 Å². The molecule has 12 heteroatoms. The predicted octanol–water partition coefficient (Wildman–Crippen LogP) is 3.87. The van der Waals surface area contributed by atoms with E-state index in [9.17, 15) is 19.5 Å². The Kier molecular flexibility index (Phi) is 6.90. The van der Waals surface area contributed by atoms with Gasteiger partial charge >= 0.3 is 11.7 Å². The second-order valence-corrected chi connectivity index (χ2v) is 13.0. The molecule has 2 aliphatic rings. The molecule has 1 saturated heterocycles. The van der Waals surface area contributed by atoms with E-state index in [0.29, 0.717) is 26.9 Å². The van der Waals surface area contributed by atoms with Gasteiger partial charge in [-0.05, 0) is 52.3 Å². The number of aromatic nitrogens is 3. The van der Waals surface area contributed by atoms with Crippen molar-refractivity contribution in [2.24, 2.45) is 5.41 Å². The van der Waals surface area contributed by atoms with Gasteiger partial charge in [-0.25, -0.2) is 19.1 Å². The summed E-state index contributed by atoms with van der Waals surface area (Å²) in [7, 11) is 3.70. The zero-order chi connectivity index (χ0) is 30.0. The van der Waals surface area contributed by atoms with Gasteiger partial charge in [-0.3, -0.25) is 9.36 Å². The van der Waals surface area contributed by atoms with E-state index in [-0.39, 0.29) is 23.4 Å². The Morgan fingerprint density at radius 1 is 1.26 bits per heavy atom. The standard InChI is InChI=1S/C30H34N4O7S/c1-17-22-25(35)34(29(2,3)27(36)37)28(38)33(26(22)42-23(17)24-31-10-11-40-24)14-21(19-8-6-7-9-20(19)39-5)41-18-12-30(13-18)15-32(4)16-30/h6-11,18,21H,12-16H2,1-5H3,(H,36,37). The van der Waals surface area contributed by atoms with E-state index in [1.54, 1.807) is 14.0 Å². The van der Waals surface area contributed by atoms with Crippen LogP contribution in [0.25, 0.3) is 21.0 Å². The maximum Gasteiger partial charge on any atom is 0.333 e. The highest BCUT2D eigenvalue weighted by Gasteiger charge is 2.52. The van der Waals surface area contributed by atoms with E-state index in [4.69, 9.17) is 13.9 Å². The molecule has 6 rings (SSSR count). The lowest BCUT2D eigenvalue weighted by atomic mass is 9.62. The van der Waals surface area contributed by atoms with E-state index < -0.39 is 28.9 Å². The fourth-order valence-electron chi connectivity index (χ4n) is 6.54. The Labute approximate surface area is 245 Å². The van der Waals surface area contributed by atoms with Crippen LogP contribution in [0, 0.1) is 12.3 Å². The summed E-state index contributed by atoms with van der Waals surface area (Å²) in [6.07, 6.45) is 4.18. The van der Waals surface area contributed by atoms with Gasteiger partial charge in [-0.1, -0.05) is 18.2 Å². The first-order chi connectivity index (χ1) is 20.0. The molecule has 222 valence electrons. The topological polar surface area (TPSA) is 129 Å². The summed E-state index contributed by atoms with van der Waals surface area (Å²) in [4.78, 5) is 47.9. The minimum Gasteiger partial charge on any atom is -0.496 e. The van der Waals surface area contributed by atoms with Crippen LogP contribution in [0.1, 0.15) is 43.9 Å². The summed E-state index contributed by atoms with van der Waals surface area (Å²) in [5.74, 6) is -0.360. The van der Waals surface area contributed by atoms with Crippen molar-refractivity contribution < 1.29 is 23.8 Å².